The third kappa shape index (κ3) is 2.75. The standard InChI is InChI=1S/C17H20O4/c1-11-4-3-5-13(16(11)18)8-12-9-14(19-2)17-15(10-12)20-6-7-21-17/h8-11H,3-7H2,1-2H3/b13-8+/t11-/m1/s1. The molecule has 1 aliphatic carbocycles. The quantitative estimate of drug-likeness (QED) is 0.784. The fourth-order valence-corrected chi connectivity index (χ4v) is 2.89. The van der Waals surface area contributed by atoms with Gasteiger partial charge in [0.05, 0.1) is 7.11 Å². The summed E-state index contributed by atoms with van der Waals surface area (Å²) in [7, 11) is 1.61. The third-order valence-electron chi connectivity index (χ3n) is 4.04. The minimum Gasteiger partial charge on any atom is -0.493 e. The van der Waals surface area contributed by atoms with Crippen molar-refractivity contribution in [2.45, 2.75) is 26.2 Å². The van der Waals surface area contributed by atoms with Crippen LogP contribution in [0.4, 0.5) is 0 Å². The average Bonchev–Trinajstić information content (AvgIpc) is 2.51. The first-order valence-corrected chi connectivity index (χ1v) is 7.41. The van der Waals surface area contributed by atoms with E-state index >= 15 is 0 Å². The van der Waals surface area contributed by atoms with Gasteiger partial charge >= 0.3 is 0 Å². The molecule has 112 valence electrons. The monoisotopic (exact) mass is 288 g/mol. The molecule has 1 fully saturated rings. The topological polar surface area (TPSA) is 44.8 Å². The van der Waals surface area contributed by atoms with Crippen molar-refractivity contribution in [1.29, 1.82) is 0 Å². The summed E-state index contributed by atoms with van der Waals surface area (Å²) in [5, 5.41) is 0. The van der Waals surface area contributed by atoms with Crippen molar-refractivity contribution >= 4 is 11.9 Å². The minimum atomic E-state index is 0.129. The van der Waals surface area contributed by atoms with E-state index in [1.807, 2.05) is 25.1 Å². The summed E-state index contributed by atoms with van der Waals surface area (Å²) in [4.78, 5) is 12.2. The lowest BCUT2D eigenvalue weighted by atomic mass is 9.84. The Kier molecular flexibility index (Phi) is 3.86. The van der Waals surface area contributed by atoms with Gasteiger partial charge in [-0.1, -0.05) is 6.92 Å². The van der Waals surface area contributed by atoms with E-state index in [-0.39, 0.29) is 11.7 Å². The summed E-state index contributed by atoms with van der Waals surface area (Å²) >= 11 is 0. The van der Waals surface area contributed by atoms with Crippen LogP contribution in [0.25, 0.3) is 6.08 Å². The van der Waals surface area contributed by atoms with Crippen LogP contribution in [-0.4, -0.2) is 26.1 Å². The SMILES string of the molecule is COc1cc(/C=C2\CCC[C@@H](C)C2=O)cc2c1OCCO2. The molecule has 1 atom stereocenters. The molecule has 0 amide bonds. The van der Waals surface area contributed by atoms with E-state index in [1.54, 1.807) is 7.11 Å². The predicted octanol–water partition coefficient (Wildman–Crippen LogP) is 3.24. The highest BCUT2D eigenvalue weighted by molar-refractivity contribution is 6.01. The van der Waals surface area contributed by atoms with Crippen LogP contribution >= 0.6 is 0 Å². The van der Waals surface area contributed by atoms with Crippen LogP contribution in [0.15, 0.2) is 17.7 Å². The number of benzene rings is 1. The maximum absolute atomic E-state index is 12.2. The van der Waals surface area contributed by atoms with Crippen LogP contribution < -0.4 is 14.2 Å². The number of fused-ring (bicyclic) bond motifs is 1. The molecular formula is C17H20O4. The molecule has 1 heterocycles. The Bertz CT molecular complexity index is 571. The zero-order chi connectivity index (χ0) is 14.8. The van der Waals surface area contributed by atoms with Crippen LogP contribution in [0.3, 0.4) is 0 Å². The Morgan fingerprint density at radius 3 is 2.90 bits per heavy atom. The second-order valence-electron chi connectivity index (χ2n) is 5.57. The summed E-state index contributed by atoms with van der Waals surface area (Å²) < 4.78 is 16.6. The van der Waals surface area contributed by atoms with Crippen LogP contribution in [0.5, 0.6) is 17.2 Å². The molecule has 0 aromatic heterocycles. The van der Waals surface area contributed by atoms with Gasteiger partial charge < -0.3 is 14.2 Å². The van der Waals surface area contributed by atoms with Gasteiger partial charge in [-0.2, -0.15) is 0 Å². The van der Waals surface area contributed by atoms with Crippen LogP contribution in [0, 0.1) is 5.92 Å². The number of allylic oxidation sites excluding steroid dienone is 1. The summed E-state index contributed by atoms with van der Waals surface area (Å²) in [5.74, 6) is 2.37. The summed E-state index contributed by atoms with van der Waals surface area (Å²) in [6.07, 6.45) is 4.86. The Balaban J connectivity index is 1.97. The molecule has 21 heavy (non-hydrogen) atoms. The van der Waals surface area contributed by atoms with Crippen molar-refractivity contribution in [1.82, 2.24) is 0 Å². The highest BCUT2D eigenvalue weighted by Gasteiger charge is 2.23. The van der Waals surface area contributed by atoms with E-state index in [0.717, 1.165) is 30.4 Å². The number of Topliss-reactive ketones (excluding diaryl/α,β-unsaturated/α-hetero) is 1. The molecule has 0 N–H and O–H groups in total. The highest BCUT2D eigenvalue weighted by atomic mass is 16.6. The lowest BCUT2D eigenvalue weighted by molar-refractivity contribution is -0.119. The number of ketones is 1. The molecule has 2 aliphatic rings. The first-order valence-electron chi connectivity index (χ1n) is 7.41. The fraction of sp³-hybridized carbons (Fsp3) is 0.471. The molecule has 1 aromatic rings. The van der Waals surface area contributed by atoms with E-state index in [1.165, 1.54) is 0 Å². The maximum Gasteiger partial charge on any atom is 0.203 e. The Morgan fingerprint density at radius 2 is 2.10 bits per heavy atom. The van der Waals surface area contributed by atoms with Crippen molar-refractivity contribution in [3.05, 3.63) is 23.3 Å². The molecule has 1 aliphatic heterocycles. The zero-order valence-corrected chi connectivity index (χ0v) is 12.5. The average molecular weight is 288 g/mol. The van der Waals surface area contributed by atoms with Gasteiger partial charge in [0, 0.05) is 5.92 Å². The molecule has 0 radical (unpaired) electrons. The number of hydrogen-bond donors (Lipinski definition) is 0. The van der Waals surface area contributed by atoms with E-state index in [9.17, 15) is 4.79 Å². The molecule has 0 spiro atoms. The predicted molar refractivity (Wildman–Crippen MR) is 80.0 cm³/mol. The van der Waals surface area contributed by atoms with Gasteiger partial charge in [0.25, 0.3) is 0 Å². The first-order chi connectivity index (χ1) is 10.2. The zero-order valence-electron chi connectivity index (χ0n) is 12.5. The van der Waals surface area contributed by atoms with Crippen molar-refractivity contribution in [2.75, 3.05) is 20.3 Å². The summed E-state index contributed by atoms with van der Waals surface area (Å²) in [6.45, 7) is 3.06. The van der Waals surface area contributed by atoms with Gasteiger partial charge in [0.15, 0.2) is 17.3 Å². The molecule has 4 nitrogen and oxygen atoms in total. The summed E-state index contributed by atoms with van der Waals surface area (Å²) in [5.41, 5.74) is 1.82. The second kappa shape index (κ2) is 5.80. The van der Waals surface area contributed by atoms with Crippen molar-refractivity contribution in [3.63, 3.8) is 0 Å². The van der Waals surface area contributed by atoms with Gasteiger partial charge in [-0.05, 0) is 48.6 Å². The molecule has 3 rings (SSSR count). The van der Waals surface area contributed by atoms with Crippen molar-refractivity contribution in [2.24, 2.45) is 5.92 Å². The smallest absolute Gasteiger partial charge is 0.203 e. The summed E-state index contributed by atoms with van der Waals surface area (Å²) in [6, 6.07) is 3.81. The molecule has 4 heteroatoms. The number of rotatable bonds is 2. The number of carbonyl (C=O) groups excluding carboxylic acids is 1. The molecule has 1 aromatic carbocycles. The van der Waals surface area contributed by atoms with E-state index in [2.05, 4.69) is 0 Å². The molecule has 1 saturated carbocycles. The lowest BCUT2D eigenvalue weighted by Crippen LogP contribution is -2.18. The van der Waals surface area contributed by atoms with Gasteiger partial charge in [-0.3, -0.25) is 4.79 Å². The first kappa shape index (κ1) is 14.0. The van der Waals surface area contributed by atoms with Gasteiger partial charge in [0.2, 0.25) is 5.75 Å². The molecule has 0 saturated heterocycles. The van der Waals surface area contributed by atoms with E-state index < -0.39 is 0 Å². The molecular weight excluding hydrogens is 268 g/mol. The number of methoxy groups -OCH3 is 1. The van der Waals surface area contributed by atoms with Crippen LogP contribution in [0.2, 0.25) is 0 Å². The van der Waals surface area contributed by atoms with E-state index in [4.69, 9.17) is 14.2 Å². The molecule has 0 bridgehead atoms. The lowest BCUT2D eigenvalue weighted by Gasteiger charge is -2.22. The van der Waals surface area contributed by atoms with Gasteiger partial charge in [-0.15, -0.1) is 0 Å². The van der Waals surface area contributed by atoms with Crippen molar-refractivity contribution in [3.8, 4) is 17.2 Å². The highest BCUT2D eigenvalue weighted by Crippen LogP contribution is 2.41. The number of ether oxygens (including phenoxy) is 3. The van der Waals surface area contributed by atoms with Crippen molar-refractivity contribution < 1.29 is 19.0 Å². The molecule has 0 unspecified atom stereocenters. The van der Waals surface area contributed by atoms with Gasteiger partial charge in [-0.25, -0.2) is 0 Å². The van der Waals surface area contributed by atoms with Crippen LogP contribution in [0.1, 0.15) is 31.7 Å². The number of hydrogen-bond acceptors (Lipinski definition) is 4. The second-order valence-corrected chi connectivity index (χ2v) is 5.57. The Morgan fingerprint density at radius 1 is 1.29 bits per heavy atom. The normalized spacial score (nSPS) is 23.2. The third-order valence-corrected chi connectivity index (χ3v) is 4.04. The number of carbonyl (C=O) groups is 1. The minimum absolute atomic E-state index is 0.129. The largest absolute Gasteiger partial charge is 0.493 e. The van der Waals surface area contributed by atoms with Crippen LogP contribution in [-0.2, 0) is 4.79 Å². The maximum atomic E-state index is 12.2. The van der Waals surface area contributed by atoms with Gasteiger partial charge in [0.1, 0.15) is 13.2 Å². The Labute approximate surface area is 124 Å². The van der Waals surface area contributed by atoms with E-state index in [0.29, 0.717) is 30.5 Å². The Hall–Kier alpha value is -1.97. The fourth-order valence-electron chi connectivity index (χ4n) is 2.89.